The minimum Gasteiger partial charge on any atom is -0.360 e. The Labute approximate surface area is 150 Å². The van der Waals surface area contributed by atoms with E-state index in [1.165, 1.54) is 11.8 Å². The first-order chi connectivity index (χ1) is 12.2. The number of benzene rings is 2. The van der Waals surface area contributed by atoms with Crippen molar-refractivity contribution >= 4 is 23.4 Å². The zero-order chi connectivity index (χ0) is 17.6. The van der Waals surface area contributed by atoms with Gasteiger partial charge in [0, 0.05) is 22.2 Å². The van der Waals surface area contributed by atoms with Crippen molar-refractivity contribution in [1.82, 2.24) is 5.16 Å². The highest BCUT2D eigenvalue weighted by atomic mass is 32.2. The third-order valence-corrected chi connectivity index (χ3v) is 4.56. The molecule has 25 heavy (non-hydrogen) atoms. The molecule has 0 radical (unpaired) electrons. The van der Waals surface area contributed by atoms with Gasteiger partial charge in [0.1, 0.15) is 5.76 Å². The molecule has 0 aliphatic rings. The molecule has 1 heterocycles. The molecule has 0 aliphatic carbocycles. The Morgan fingerprint density at radius 1 is 1.24 bits per heavy atom. The Balaban J connectivity index is 1.75. The first-order valence-electron chi connectivity index (χ1n) is 7.68. The van der Waals surface area contributed by atoms with Gasteiger partial charge in [-0.1, -0.05) is 29.3 Å². The van der Waals surface area contributed by atoms with Gasteiger partial charge in [-0.05, 0) is 37.3 Å². The summed E-state index contributed by atoms with van der Waals surface area (Å²) in [5, 5.41) is 6.77. The maximum Gasteiger partial charge on any atom is 0.256 e. The van der Waals surface area contributed by atoms with Gasteiger partial charge >= 0.3 is 0 Å². The number of nitrogens with one attached hydrogen (secondary N) is 1. The van der Waals surface area contributed by atoms with E-state index in [9.17, 15) is 4.79 Å². The highest BCUT2D eigenvalue weighted by Gasteiger charge is 2.13. The van der Waals surface area contributed by atoms with Crippen molar-refractivity contribution in [2.45, 2.75) is 17.6 Å². The summed E-state index contributed by atoms with van der Waals surface area (Å²) in [6.07, 6.45) is 5.40. The van der Waals surface area contributed by atoms with E-state index in [1.54, 1.807) is 12.1 Å². The maximum atomic E-state index is 12.6. The smallest absolute Gasteiger partial charge is 0.256 e. The van der Waals surface area contributed by atoms with Crippen LogP contribution in [0.1, 0.15) is 27.4 Å². The highest BCUT2D eigenvalue weighted by molar-refractivity contribution is 7.98. The zero-order valence-electron chi connectivity index (χ0n) is 13.7. The molecule has 0 aliphatic heterocycles. The van der Waals surface area contributed by atoms with Crippen molar-refractivity contribution in [2.24, 2.45) is 0 Å². The molecule has 1 aromatic heterocycles. The number of carbonyl (C=O) groups excluding carboxylic acids is 1. The normalized spacial score (nSPS) is 10.2. The average Bonchev–Trinajstić information content (AvgIpc) is 3.05. The van der Waals surface area contributed by atoms with Crippen LogP contribution in [-0.2, 0) is 5.75 Å². The van der Waals surface area contributed by atoms with Crippen molar-refractivity contribution in [2.75, 3.05) is 5.32 Å². The highest BCUT2D eigenvalue weighted by Crippen LogP contribution is 2.27. The van der Waals surface area contributed by atoms with Gasteiger partial charge in [-0.3, -0.25) is 4.79 Å². The minimum atomic E-state index is -0.175. The van der Waals surface area contributed by atoms with Crippen LogP contribution in [0.25, 0.3) is 0 Å². The van der Waals surface area contributed by atoms with Gasteiger partial charge in [0.2, 0.25) is 0 Å². The largest absolute Gasteiger partial charge is 0.360 e. The van der Waals surface area contributed by atoms with Crippen LogP contribution in [0.3, 0.4) is 0 Å². The van der Waals surface area contributed by atoms with Crippen LogP contribution in [-0.4, -0.2) is 11.1 Å². The van der Waals surface area contributed by atoms with Crippen LogP contribution < -0.4 is 5.32 Å². The van der Waals surface area contributed by atoms with Gasteiger partial charge in [-0.15, -0.1) is 18.2 Å². The lowest BCUT2D eigenvalue weighted by molar-refractivity contribution is 0.102. The van der Waals surface area contributed by atoms with E-state index in [4.69, 9.17) is 10.9 Å². The van der Waals surface area contributed by atoms with E-state index >= 15 is 0 Å². The summed E-state index contributed by atoms with van der Waals surface area (Å²) < 4.78 is 5.22. The number of amides is 1. The summed E-state index contributed by atoms with van der Waals surface area (Å²) in [5.74, 6) is 3.77. The third kappa shape index (κ3) is 4.31. The number of anilines is 1. The standard InChI is InChI=1S/C20H16N2O2S/c1-3-15-7-6-8-16(12-15)21-20(23)18-9-4-5-10-19(18)25-13-17-11-14(2)22-24-17/h1,4-12H,13H2,2H3,(H,21,23). The van der Waals surface area contributed by atoms with E-state index in [0.29, 0.717) is 17.0 Å². The van der Waals surface area contributed by atoms with Crippen molar-refractivity contribution in [3.8, 4) is 12.3 Å². The molecule has 3 rings (SSSR count). The number of aromatic nitrogens is 1. The molecule has 5 heteroatoms. The Bertz CT molecular complexity index is 941. The molecule has 0 fully saturated rings. The lowest BCUT2D eigenvalue weighted by atomic mass is 10.2. The molecule has 0 bridgehead atoms. The van der Waals surface area contributed by atoms with Crippen molar-refractivity contribution in [3.05, 3.63) is 77.2 Å². The molecule has 3 aromatic rings. The molecular weight excluding hydrogens is 332 g/mol. The average molecular weight is 348 g/mol. The second kappa shape index (κ2) is 7.73. The summed E-state index contributed by atoms with van der Waals surface area (Å²) in [5.41, 5.74) is 2.84. The molecule has 0 spiro atoms. The number of rotatable bonds is 5. The van der Waals surface area contributed by atoms with Crippen LogP contribution in [0.2, 0.25) is 0 Å². The van der Waals surface area contributed by atoms with Crippen molar-refractivity contribution in [3.63, 3.8) is 0 Å². The molecular formula is C20H16N2O2S. The number of hydrogen-bond acceptors (Lipinski definition) is 4. The fourth-order valence-corrected chi connectivity index (χ4v) is 3.22. The van der Waals surface area contributed by atoms with Gasteiger partial charge in [0.05, 0.1) is 17.0 Å². The molecule has 2 aromatic carbocycles. The van der Waals surface area contributed by atoms with Crippen LogP contribution in [0.15, 0.2) is 64.0 Å². The second-order valence-corrected chi connectivity index (χ2v) is 6.42. The molecule has 0 atom stereocenters. The van der Waals surface area contributed by atoms with Gasteiger partial charge < -0.3 is 9.84 Å². The summed E-state index contributed by atoms with van der Waals surface area (Å²) in [4.78, 5) is 13.5. The first-order valence-corrected chi connectivity index (χ1v) is 8.66. The molecule has 0 saturated heterocycles. The summed E-state index contributed by atoms with van der Waals surface area (Å²) in [6.45, 7) is 1.88. The molecule has 1 N–H and O–H groups in total. The third-order valence-electron chi connectivity index (χ3n) is 3.47. The number of aryl methyl sites for hydroxylation is 1. The maximum absolute atomic E-state index is 12.6. The number of carbonyl (C=O) groups is 1. The molecule has 0 unspecified atom stereocenters. The summed E-state index contributed by atoms with van der Waals surface area (Å²) in [6, 6.07) is 16.6. The Morgan fingerprint density at radius 2 is 2.08 bits per heavy atom. The Kier molecular flexibility index (Phi) is 5.22. The first kappa shape index (κ1) is 16.9. The fraction of sp³-hybridized carbons (Fsp3) is 0.100. The molecule has 1 amide bonds. The topological polar surface area (TPSA) is 55.1 Å². The van der Waals surface area contributed by atoms with Crippen LogP contribution >= 0.6 is 11.8 Å². The fourth-order valence-electron chi connectivity index (χ4n) is 2.30. The second-order valence-electron chi connectivity index (χ2n) is 5.40. The van der Waals surface area contributed by atoms with Gasteiger partial charge in [-0.25, -0.2) is 0 Å². The summed E-state index contributed by atoms with van der Waals surface area (Å²) >= 11 is 1.53. The van der Waals surface area contributed by atoms with Crippen molar-refractivity contribution in [1.29, 1.82) is 0 Å². The van der Waals surface area contributed by atoms with E-state index in [0.717, 1.165) is 21.9 Å². The lowest BCUT2D eigenvalue weighted by Crippen LogP contribution is -2.13. The lowest BCUT2D eigenvalue weighted by Gasteiger charge is -2.09. The van der Waals surface area contributed by atoms with Gasteiger partial charge in [0.15, 0.2) is 0 Å². The van der Waals surface area contributed by atoms with Crippen LogP contribution in [0, 0.1) is 19.3 Å². The quantitative estimate of drug-likeness (QED) is 0.544. The van der Waals surface area contributed by atoms with E-state index in [2.05, 4.69) is 16.4 Å². The van der Waals surface area contributed by atoms with Crippen LogP contribution in [0.4, 0.5) is 5.69 Å². The molecule has 124 valence electrons. The number of thioether (sulfide) groups is 1. The van der Waals surface area contributed by atoms with Gasteiger partial charge in [0.25, 0.3) is 5.91 Å². The Hall–Kier alpha value is -2.97. The minimum absolute atomic E-state index is 0.175. The van der Waals surface area contributed by atoms with E-state index < -0.39 is 0 Å². The predicted octanol–water partition coefficient (Wildman–Crippen LogP) is 4.51. The number of hydrogen-bond donors (Lipinski definition) is 1. The van der Waals surface area contributed by atoms with E-state index in [-0.39, 0.29) is 5.91 Å². The van der Waals surface area contributed by atoms with Gasteiger partial charge in [-0.2, -0.15) is 0 Å². The monoisotopic (exact) mass is 348 g/mol. The molecule has 4 nitrogen and oxygen atoms in total. The Morgan fingerprint density at radius 3 is 2.84 bits per heavy atom. The zero-order valence-corrected chi connectivity index (χ0v) is 14.5. The van der Waals surface area contributed by atoms with E-state index in [1.807, 2.05) is 49.4 Å². The number of terminal acetylenes is 1. The predicted molar refractivity (Wildman–Crippen MR) is 99.6 cm³/mol. The number of nitrogens with zero attached hydrogens (tertiary/aromatic N) is 1. The van der Waals surface area contributed by atoms with Crippen molar-refractivity contribution < 1.29 is 9.32 Å². The molecule has 0 saturated carbocycles. The van der Waals surface area contributed by atoms with Crippen LogP contribution in [0.5, 0.6) is 0 Å². The SMILES string of the molecule is C#Cc1cccc(NC(=O)c2ccccc2SCc2cc(C)no2)c1. The summed E-state index contributed by atoms with van der Waals surface area (Å²) in [7, 11) is 0.